The van der Waals surface area contributed by atoms with Crippen LogP contribution in [-0.4, -0.2) is 58.6 Å². The third-order valence-electron chi connectivity index (χ3n) is 4.94. The van der Waals surface area contributed by atoms with Crippen molar-refractivity contribution < 1.29 is 14.3 Å². The van der Waals surface area contributed by atoms with Crippen LogP contribution in [0.25, 0.3) is 0 Å². The molecule has 2 heterocycles. The predicted octanol–water partition coefficient (Wildman–Crippen LogP) is 1.89. The minimum Gasteiger partial charge on any atom is -0.388 e. The largest absolute Gasteiger partial charge is 0.388 e. The lowest BCUT2D eigenvalue weighted by molar-refractivity contribution is -0.0693. The van der Waals surface area contributed by atoms with Gasteiger partial charge in [-0.2, -0.15) is 0 Å². The second-order valence-corrected chi connectivity index (χ2v) is 6.63. The standard InChI is InChI=1S/C17H23FN2O2/c1-17(22)7-10-20(12-15(17)19-8-2-3-9-19)16(21)13-5-4-6-14(18)11-13/h4-6,11,15,22H,2-3,7-10,12H2,1H3/t15-,17-/m1/s1. The fourth-order valence-corrected chi connectivity index (χ4v) is 3.58. The molecule has 2 saturated heterocycles. The van der Waals surface area contributed by atoms with Crippen molar-refractivity contribution in [1.29, 1.82) is 0 Å². The van der Waals surface area contributed by atoms with Crippen LogP contribution in [0.3, 0.4) is 0 Å². The van der Waals surface area contributed by atoms with Crippen molar-refractivity contribution >= 4 is 5.91 Å². The number of amides is 1. The summed E-state index contributed by atoms with van der Waals surface area (Å²) in [5.41, 5.74) is -0.398. The lowest BCUT2D eigenvalue weighted by atomic mass is 9.87. The second-order valence-electron chi connectivity index (χ2n) is 6.63. The molecular formula is C17H23FN2O2. The molecule has 3 rings (SSSR count). The van der Waals surface area contributed by atoms with Crippen LogP contribution in [0.1, 0.15) is 36.5 Å². The number of carbonyl (C=O) groups excluding carboxylic acids is 1. The van der Waals surface area contributed by atoms with E-state index in [9.17, 15) is 14.3 Å². The lowest BCUT2D eigenvalue weighted by Crippen LogP contribution is -2.61. The van der Waals surface area contributed by atoms with Crippen LogP contribution in [0, 0.1) is 5.82 Å². The number of carbonyl (C=O) groups is 1. The highest BCUT2D eigenvalue weighted by molar-refractivity contribution is 5.94. The first-order chi connectivity index (χ1) is 10.5. The quantitative estimate of drug-likeness (QED) is 0.907. The van der Waals surface area contributed by atoms with E-state index >= 15 is 0 Å². The molecule has 2 atom stereocenters. The number of rotatable bonds is 2. The molecule has 0 saturated carbocycles. The first-order valence-corrected chi connectivity index (χ1v) is 7.99. The monoisotopic (exact) mass is 306 g/mol. The first kappa shape index (κ1) is 15.4. The molecule has 0 radical (unpaired) electrons. The van der Waals surface area contributed by atoms with E-state index in [1.807, 2.05) is 6.92 Å². The zero-order chi connectivity index (χ0) is 15.7. The van der Waals surface area contributed by atoms with Gasteiger partial charge in [-0.1, -0.05) is 6.07 Å². The van der Waals surface area contributed by atoms with Gasteiger partial charge in [0, 0.05) is 18.7 Å². The minimum absolute atomic E-state index is 0.0405. The van der Waals surface area contributed by atoms with Crippen molar-refractivity contribution in [2.45, 2.75) is 37.8 Å². The van der Waals surface area contributed by atoms with Gasteiger partial charge < -0.3 is 10.0 Å². The Morgan fingerprint density at radius 2 is 2.05 bits per heavy atom. The van der Waals surface area contributed by atoms with Crippen LogP contribution in [0.2, 0.25) is 0 Å². The summed E-state index contributed by atoms with van der Waals surface area (Å²) in [5.74, 6) is -0.551. The molecule has 5 heteroatoms. The van der Waals surface area contributed by atoms with Gasteiger partial charge >= 0.3 is 0 Å². The van der Waals surface area contributed by atoms with Crippen molar-refractivity contribution in [1.82, 2.24) is 9.80 Å². The van der Waals surface area contributed by atoms with Crippen LogP contribution < -0.4 is 0 Å². The fraction of sp³-hybridized carbons (Fsp3) is 0.588. The Balaban J connectivity index is 1.76. The summed E-state index contributed by atoms with van der Waals surface area (Å²) in [7, 11) is 0. The van der Waals surface area contributed by atoms with E-state index in [1.54, 1.807) is 17.0 Å². The molecule has 0 spiro atoms. The zero-order valence-electron chi connectivity index (χ0n) is 13.0. The van der Waals surface area contributed by atoms with Crippen LogP contribution in [0.15, 0.2) is 24.3 Å². The lowest BCUT2D eigenvalue weighted by Gasteiger charge is -2.46. The van der Waals surface area contributed by atoms with E-state index < -0.39 is 11.4 Å². The van der Waals surface area contributed by atoms with Gasteiger partial charge in [-0.25, -0.2) is 4.39 Å². The van der Waals surface area contributed by atoms with Crippen molar-refractivity contribution in [3.05, 3.63) is 35.6 Å². The van der Waals surface area contributed by atoms with E-state index in [4.69, 9.17) is 0 Å². The summed E-state index contributed by atoms with van der Waals surface area (Å²) in [4.78, 5) is 16.6. The van der Waals surface area contributed by atoms with E-state index in [-0.39, 0.29) is 11.9 Å². The highest BCUT2D eigenvalue weighted by Crippen LogP contribution is 2.29. The molecule has 1 aromatic rings. The molecule has 1 N–H and O–H groups in total. The third-order valence-corrected chi connectivity index (χ3v) is 4.94. The van der Waals surface area contributed by atoms with Gasteiger partial charge in [0.1, 0.15) is 5.82 Å². The van der Waals surface area contributed by atoms with E-state index in [1.165, 1.54) is 12.1 Å². The number of likely N-dealkylation sites (tertiary alicyclic amines) is 2. The van der Waals surface area contributed by atoms with Gasteiger partial charge in [-0.05, 0) is 57.5 Å². The summed E-state index contributed by atoms with van der Waals surface area (Å²) in [6.45, 7) is 4.82. The zero-order valence-corrected chi connectivity index (χ0v) is 13.0. The molecule has 1 amide bonds. The topological polar surface area (TPSA) is 43.8 Å². The van der Waals surface area contributed by atoms with Crippen LogP contribution in [-0.2, 0) is 0 Å². The smallest absolute Gasteiger partial charge is 0.254 e. The SMILES string of the molecule is C[C@@]1(O)CCN(C(=O)c2cccc(F)c2)C[C@H]1N1CCCC1. The first-order valence-electron chi connectivity index (χ1n) is 7.99. The molecular weight excluding hydrogens is 283 g/mol. The number of aliphatic hydroxyl groups is 1. The number of piperidine rings is 1. The van der Waals surface area contributed by atoms with Gasteiger partial charge in [0.25, 0.3) is 5.91 Å². The Morgan fingerprint density at radius 3 is 2.73 bits per heavy atom. The average molecular weight is 306 g/mol. The molecule has 0 aromatic heterocycles. The maximum absolute atomic E-state index is 13.3. The molecule has 4 nitrogen and oxygen atoms in total. The number of halogens is 1. The van der Waals surface area contributed by atoms with Gasteiger partial charge in [0.2, 0.25) is 0 Å². The normalized spacial score (nSPS) is 29.8. The van der Waals surface area contributed by atoms with Crippen LogP contribution >= 0.6 is 0 Å². The molecule has 2 fully saturated rings. The van der Waals surface area contributed by atoms with Crippen molar-refractivity contribution in [3.63, 3.8) is 0 Å². The molecule has 1 aromatic carbocycles. The molecule has 22 heavy (non-hydrogen) atoms. The third kappa shape index (κ3) is 3.01. The van der Waals surface area contributed by atoms with Crippen molar-refractivity contribution in [2.75, 3.05) is 26.2 Å². The van der Waals surface area contributed by atoms with Crippen molar-refractivity contribution in [3.8, 4) is 0 Å². The fourth-order valence-electron chi connectivity index (χ4n) is 3.58. The summed E-state index contributed by atoms with van der Waals surface area (Å²) >= 11 is 0. The molecule has 0 aliphatic carbocycles. The maximum Gasteiger partial charge on any atom is 0.254 e. The highest BCUT2D eigenvalue weighted by Gasteiger charge is 2.42. The van der Waals surface area contributed by atoms with E-state index in [0.717, 1.165) is 25.9 Å². The van der Waals surface area contributed by atoms with Crippen LogP contribution in [0.4, 0.5) is 4.39 Å². The molecule has 0 bridgehead atoms. The predicted molar refractivity (Wildman–Crippen MR) is 82.1 cm³/mol. The van der Waals surface area contributed by atoms with E-state index in [2.05, 4.69) is 4.90 Å². The maximum atomic E-state index is 13.3. The highest BCUT2D eigenvalue weighted by atomic mass is 19.1. The molecule has 2 aliphatic heterocycles. The number of hydrogen-bond donors (Lipinski definition) is 1. The van der Waals surface area contributed by atoms with Gasteiger partial charge in [0.15, 0.2) is 0 Å². The Kier molecular flexibility index (Phi) is 4.19. The summed E-state index contributed by atoms with van der Waals surface area (Å²) in [6.07, 6.45) is 2.84. The second kappa shape index (κ2) is 5.97. The Morgan fingerprint density at radius 1 is 1.32 bits per heavy atom. The van der Waals surface area contributed by atoms with E-state index in [0.29, 0.717) is 25.1 Å². The number of nitrogens with zero attached hydrogens (tertiary/aromatic N) is 2. The number of hydrogen-bond acceptors (Lipinski definition) is 3. The Hall–Kier alpha value is -1.46. The molecule has 120 valence electrons. The van der Waals surface area contributed by atoms with Crippen LogP contribution in [0.5, 0.6) is 0 Å². The van der Waals surface area contributed by atoms with Gasteiger partial charge in [0.05, 0.1) is 11.6 Å². The minimum atomic E-state index is -0.775. The summed E-state index contributed by atoms with van der Waals surface area (Å²) in [5, 5.41) is 10.7. The van der Waals surface area contributed by atoms with Gasteiger partial charge in [-0.15, -0.1) is 0 Å². The average Bonchev–Trinajstić information content (AvgIpc) is 3.00. The Labute approximate surface area is 130 Å². The van der Waals surface area contributed by atoms with Gasteiger partial charge in [-0.3, -0.25) is 9.69 Å². The van der Waals surface area contributed by atoms with Crippen molar-refractivity contribution in [2.24, 2.45) is 0 Å². The number of benzene rings is 1. The Bertz CT molecular complexity index is 555. The summed E-state index contributed by atoms with van der Waals surface area (Å²) in [6, 6.07) is 5.77. The molecule has 2 aliphatic rings. The summed E-state index contributed by atoms with van der Waals surface area (Å²) < 4.78 is 13.3. The molecule has 0 unspecified atom stereocenters.